The Kier molecular flexibility index (Phi) is 5.80. The van der Waals surface area contributed by atoms with Crippen molar-refractivity contribution in [3.05, 3.63) is 58.1 Å². The highest BCUT2D eigenvalue weighted by Gasteiger charge is 2.21. The molecule has 1 N–H and O–H groups in total. The molecule has 0 spiro atoms. The van der Waals surface area contributed by atoms with Crippen molar-refractivity contribution in [1.82, 2.24) is 0 Å². The van der Waals surface area contributed by atoms with Gasteiger partial charge in [-0.25, -0.2) is 0 Å². The lowest BCUT2D eigenvalue weighted by Crippen LogP contribution is -2.37. The SMILES string of the molecule is CC(=O)N(CC(=O)Nc1cccc(C#N)c1)c1c(Cl)cccc1Cl. The summed E-state index contributed by atoms with van der Waals surface area (Å²) in [4.78, 5) is 25.4. The zero-order chi connectivity index (χ0) is 17.7. The molecule has 5 nitrogen and oxygen atoms in total. The van der Waals surface area contributed by atoms with Crippen LogP contribution < -0.4 is 10.2 Å². The van der Waals surface area contributed by atoms with Crippen LogP contribution in [0.1, 0.15) is 12.5 Å². The van der Waals surface area contributed by atoms with Crippen molar-refractivity contribution in [1.29, 1.82) is 5.26 Å². The van der Waals surface area contributed by atoms with E-state index in [0.717, 1.165) is 0 Å². The van der Waals surface area contributed by atoms with Crippen molar-refractivity contribution in [2.24, 2.45) is 0 Å². The first kappa shape index (κ1) is 17.8. The first-order chi connectivity index (χ1) is 11.4. The van der Waals surface area contributed by atoms with Crippen LogP contribution in [-0.4, -0.2) is 18.4 Å². The number of hydrogen-bond acceptors (Lipinski definition) is 3. The maximum atomic E-state index is 12.2. The molecule has 0 aliphatic carbocycles. The molecular weight excluding hydrogens is 349 g/mol. The van der Waals surface area contributed by atoms with E-state index in [1.54, 1.807) is 42.5 Å². The molecular formula is C17H13Cl2N3O2. The van der Waals surface area contributed by atoms with Crippen LogP contribution in [0.15, 0.2) is 42.5 Å². The van der Waals surface area contributed by atoms with Gasteiger partial charge in [-0.3, -0.25) is 9.59 Å². The van der Waals surface area contributed by atoms with Gasteiger partial charge in [-0.1, -0.05) is 35.3 Å². The fraction of sp³-hybridized carbons (Fsp3) is 0.118. The van der Waals surface area contributed by atoms with Crippen molar-refractivity contribution in [3.8, 4) is 6.07 Å². The number of rotatable bonds is 4. The van der Waals surface area contributed by atoms with Gasteiger partial charge in [0.05, 0.1) is 27.4 Å². The molecule has 2 amide bonds. The molecule has 122 valence electrons. The summed E-state index contributed by atoms with van der Waals surface area (Å²) in [5.41, 5.74) is 1.17. The van der Waals surface area contributed by atoms with Gasteiger partial charge < -0.3 is 10.2 Å². The molecule has 0 bridgehead atoms. The molecule has 0 aliphatic heterocycles. The third-order valence-electron chi connectivity index (χ3n) is 3.16. The smallest absolute Gasteiger partial charge is 0.244 e. The van der Waals surface area contributed by atoms with Gasteiger partial charge in [0, 0.05) is 12.6 Å². The van der Waals surface area contributed by atoms with Crippen LogP contribution in [0, 0.1) is 11.3 Å². The Bertz CT molecular complexity index is 811. The second kappa shape index (κ2) is 7.82. The van der Waals surface area contributed by atoms with Crippen molar-refractivity contribution in [2.45, 2.75) is 6.92 Å². The summed E-state index contributed by atoms with van der Waals surface area (Å²) in [7, 11) is 0. The standard InChI is InChI=1S/C17H13Cl2N3O2/c1-11(23)22(17-14(18)6-3-7-15(17)19)10-16(24)21-13-5-2-4-12(8-13)9-20/h2-8H,10H2,1H3,(H,21,24). The molecule has 0 fully saturated rings. The fourth-order valence-corrected chi connectivity index (χ4v) is 2.71. The summed E-state index contributed by atoms with van der Waals surface area (Å²) >= 11 is 12.2. The molecule has 0 aliphatic rings. The van der Waals surface area contributed by atoms with Gasteiger partial charge in [-0.15, -0.1) is 0 Å². The van der Waals surface area contributed by atoms with Crippen LogP contribution in [0.3, 0.4) is 0 Å². The molecule has 2 rings (SSSR count). The molecule has 24 heavy (non-hydrogen) atoms. The number of carbonyl (C=O) groups excluding carboxylic acids is 2. The number of hydrogen-bond donors (Lipinski definition) is 1. The number of carbonyl (C=O) groups is 2. The van der Waals surface area contributed by atoms with Crippen molar-refractivity contribution in [3.63, 3.8) is 0 Å². The minimum Gasteiger partial charge on any atom is -0.324 e. The minimum absolute atomic E-state index is 0.254. The second-order valence-electron chi connectivity index (χ2n) is 4.92. The van der Waals surface area contributed by atoms with E-state index in [2.05, 4.69) is 5.32 Å². The Hall–Kier alpha value is -2.55. The van der Waals surface area contributed by atoms with Crippen molar-refractivity contribution in [2.75, 3.05) is 16.8 Å². The topological polar surface area (TPSA) is 73.2 Å². The lowest BCUT2D eigenvalue weighted by atomic mass is 10.2. The zero-order valence-corrected chi connectivity index (χ0v) is 14.2. The largest absolute Gasteiger partial charge is 0.324 e. The van der Waals surface area contributed by atoms with E-state index in [9.17, 15) is 9.59 Å². The van der Waals surface area contributed by atoms with Crippen LogP contribution in [0.5, 0.6) is 0 Å². The van der Waals surface area contributed by atoms with Gasteiger partial charge >= 0.3 is 0 Å². The Morgan fingerprint density at radius 2 is 1.79 bits per heavy atom. The average Bonchev–Trinajstić information content (AvgIpc) is 2.53. The lowest BCUT2D eigenvalue weighted by molar-refractivity contribution is -0.120. The highest BCUT2D eigenvalue weighted by atomic mass is 35.5. The minimum atomic E-state index is -0.434. The molecule has 0 unspecified atom stereocenters. The zero-order valence-electron chi connectivity index (χ0n) is 12.7. The molecule has 0 saturated carbocycles. The van der Waals surface area contributed by atoms with Crippen LogP contribution in [-0.2, 0) is 9.59 Å². The predicted octanol–water partition coefficient (Wildman–Crippen LogP) is 3.86. The third kappa shape index (κ3) is 4.25. The molecule has 2 aromatic rings. The quantitative estimate of drug-likeness (QED) is 0.898. The van der Waals surface area contributed by atoms with E-state index >= 15 is 0 Å². The van der Waals surface area contributed by atoms with Gasteiger partial charge in [0.25, 0.3) is 0 Å². The van der Waals surface area contributed by atoms with Crippen LogP contribution in [0.4, 0.5) is 11.4 Å². The number of nitriles is 1. The number of benzene rings is 2. The molecule has 7 heteroatoms. The maximum Gasteiger partial charge on any atom is 0.244 e. The normalized spacial score (nSPS) is 9.92. The van der Waals surface area contributed by atoms with Crippen molar-refractivity contribution >= 4 is 46.4 Å². The average molecular weight is 362 g/mol. The number of anilines is 2. The molecule has 0 saturated heterocycles. The number of para-hydroxylation sites is 1. The lowest BCUT2D eigenvalue weighted by Gasteiger charge is -2.23. The first-order valence-electron chi connectivity index (χ1n) is 6.94. The summed E-state index contributed by atoms with van der Waals surface area (Å²) in [6.07, 6.45) is 0. The van der Waals surface area contributed by atoms with E-state index in [1.165, 1.54) is 11.8 Å². The molecule has 0 heterocycles. The van der Waals surface area contributed by atoms with E-state index in [1.807, 2.05) is 6.07 Å². The summed E-state index contributed by atoms with van der Waals surface area (Å²) in [6, 6.07) is 13.3. The molecule has 0 atom stereocenters. The monoisotopic (exact) mass is 361 g/mol. The fourth-order valence-electron chi connectivity index (χ4n) is 2.11. The van der Waals surface area contributed by atoms with E-state index < -0.39 is 5.91 Å². The van der Waals surface area contributed by atoms with Gasteiger partial charge in [-0.2, -0.15) is 5.26 Å². The Labute approximate surface area is 149 Å². The van der Waals surface area contributed by atoms with E-state index in [4.69, 9.17) is 28.5 Å². The van der Waals surface area contributed by atoms with Crippen LogP contribution in [0.25, 0.3) is 0 Å². The Balaban J connectivity index is 2.21. The molecule has 2 aromatic carbocycles. The summed E-state index contributed by atoms with van der Waals surface area (Å²) in [5.74, 6) is -0.804. The van der Waals surface area contributed by atoms with Gasteiger partial charge in [0.15, 0.2) is 0 Å². The van der Waals surface area contributed by atoms with Gasteiger partial charge in [0.1, 0.15) is 6.54 Å². The number of amides is 2. The van der Waals surface area contributed by atoms with Gasteiger partial charge in [0.2, 0.25) is 11.8 Å². The van der Waals surface area contributed by atoms with Gasteiger partial charge in [-0.05, 0) is 30.3 Å². The van der Waals surface area contributed by atoms with Crippen molar-refractivity contribution < 1.29 is 9.59 Å². The maximum absolute atomic E-state index is 12.2. The third-order valence-corrected chi connectivity index (χ3v) is 3.77. The van der Waals surface area contributed by atoms with Crippen LogP contribution in [0.2, 0.25) is 10.0 Å². The second-order valence-corrected chi connectivity index (χ2v) is 5.73. The summed E-state index contributed by atoms with van der Waals surface area (Å²) in [6.45, 7) is 1.07. The predicted molar refractivity (Wildman–Crippen MR) is 94.3 cm³/mol. The highest BCUT2D eigenvalue weighted by Crippen LogP contribution is 2.33. The summed E-state index contributed by atoms with van der Waals surface area (Å²) < 4.78 is 0. The Morgan fingerprint density at radius 1 is 1.17 bits per heavy atom. The number of nitrogens with zero attached hydrogens (tertiary/aromatic N) is 2. The highest BCUT2D eigenvalue weighted by molar-refractivity contribution is 6.40. The van der Waals surface area contributed by atoms with E-state index in [-0.39, 0.29) is 28.2 Å². The first-order valence-corrected chi connectivity index (χ1v) is 7.70. The molecule has 0 radical (unpaired) electrons. The molecule has 0 aromatic heterocycles. The Morgan fingerprint density at radius 3 is 2.38 bits per heavy atom. The number of nitrogens with one attached hydrogen (secondary N) is 1. The van der Waals surface area contributed by atoms with Crippen LogP contribution >= 0.6 is 23.2 Å². The van der Waals surface area contributed by atoms with E-state index in [0.29, 0.717) is 11.3 Å². The number of halogens is 2. The summed E-state index contributed by atoms with van der Waals surface area (Å²) in [5, 5.41) is 12.1.